The van der Waals surface area contributed by atoms with Crippen molar-refractivity contribution in [3.05, 3.63) is 53.9 Å². The quantitative estimate of drug-likeness (QED) is 0.606. The molecular formula is C21H21N3O6S. The predicted octanol–water partition coefficient (Wildman–Crippen LogP) is 2.58. The molecule has 0 saturated carbocycles. The highest BCUT2D eigenvalue weighted by atomic mass is 32.2. The Morgan fingerprint density at radius 2 is 1.84 bits per heavy atom. The van der Waals surface area contributed by atoms with E-state index in [1.54, 1.807) is 6.07 Å². The molecule has 3 aromatic rings. The second-order valence-corrected chi connectivity index (χ2v) is 9.24. The first-order chi connectivity index (χ1) is 15.0. The van der Waals surface area contributed by atoms with Crippen molar-refractivity contribution in [1.29, 1.82) is 0 Å². The number of rotatable bonds is 4. The molecule has 0 radical (unpaired) electrons. The molecule has 3 heterocycles. The summed E-state index contributed by atoms with van der Waals surface area (Å²) in [5.74, 6) is 1.67. The van der Waals surface area contributed by atoms with Crippen LogP contribution < -0.4 is 9.47 Å². The van der Waals surface area contributed by atoms with Gasteiger partial charge in [-0.1, -0.05) is 29.4 Å². The van der Waals surface area contributed by atoms with E-state index in [4.69, 9.17) is 18.7 Å². The van der Waals surface area contributed by atoms with E-state index in [0.717, 1.165) is 11.1 Å². The Bertz CT molecular complexity index is 1210. The zero-order valence-corrected chi connectivity index (χ0v) is 17.7. The van der Waals surface area contributed by atoms with Crippen LogP contribution >= 0.6 is 0 Å². The van der Waals surface area contributed by atoms with E-state index in [0.29, 0.717) is 30.5 Å². The number of sulfonamides is 1. The molecule has 31 heavy (non-hydrogen) atoms. The van der Waals surface area contributed by atoms with Crippen molar-refractivity contribution in [1.82, 2.24) is 14.4 Å². The average molecular weight is 443 g/mol. The van der Waals surface area contributed by atoms with Crippen LogP contribution in [0.15, 0.2) is 51.9 Å². The van der Waals surface area contributed by atoms with Gasteiger partial charge >= 0.3 is 0 Å². The Morgan fingerprint density at radius 1 is 1.03 bits per heavy atom. The number of benzene rings is 2. The van der Waals surface area contributed by atoms with Crippen molar-refractivity contribution in [2.45, 2.75) is 17.9 Å². The summed E-state index contributed by atoms with van der Waals surface area (Å²) in [6, 6.07) is 12.3. The highest BCUT2D eigenvalue weighted by Crippen LogP contribution is 2.34. The lowest BCUT2D eigenvalue weighted by atomic mass is 10.1. The Labute approximate surface area is 179 Å². The monoisotopic (exact) mass is 443 g/mol. The summed E-state index contributed by atoms with van der Waals surface area (Å²) >= 11 is 0. The van der Waals surface area contributed by atoms with E-state index >= 15 is 0 Å². The van der Waals surface area contributed by atoms with Gasteiger partial charge in [0.1, 0.15) is 13.2 Å². The predicted molar refractivity (Wildman–Crippen MR) is 109 cm³/mol. The van der Waals surface area contributed by atoms with Gasteiger partial charge in [-0.25, -0.2) is 8.42 Å². The Hall–Kier alpha value is -2.95. The van der Waals surface area contributed by atoms with E-state index in [-0.39, 0.29) is 30.5 Å². The van der Waals surface area contributed by atoms with Crippen LogP contribution in [0.3, 0.4) is 0 Å². The Kier molecular flexibility index (Phi) is 5.12. The molecule has 2 aromatic carbocycles. The molecule has 0 spiro atoms. The van der Waals surface area contributed by atoms with E-state index < -0.39 is 16.1 Å². The third kappa shape index (κ3) is 3.78. The van der Waals surface area contributed by atoms with Gasteiger partial charge in [0.2, 0.25) is 15.8 Å². The molecule has 5 rings (SSSR count). The standard InChI is InChI=1S/C21H21N3O6S/c1-14-4-2-3-5-16(14)20-22-21(30-23-20)19-13-24(8-9-27-19)31(25,26)15-6-7-17-18(12-15)29-11-10-28-17/h2-7,12,19H,8-11,13H2,1H3/t19-/m1/s1. The second-order valence-electron chi connectivity index (χ2n) is 7.30. The molecule has 1 fully saturated rings. The minimum atomic E-state index is -3.76. The third-order valence-corrected chi connectivity index (χ3v) is 7.14. The van der Waals surface area contributed by atoms with Gasteiger partial charge < -0.3 is 18.7 Å². The molecule has 9 nitrogen and oxygen atoms in total. The normalized spacial score (nSPS) is 19.3. The fraction of sp³-hybridized carbons (Fsp3) is 0.333. The molecule has 1 atom stereocenters. The summed E-state index contributed by atoms with van der Waals surface area (Å²) in [5, 5.41) is 4.05. The molecule has 1 aromatic heterocycles. The van der Waals surface area contributed by atoms with Crippen LogP contribution in [-0.4, -0.2) is 55.8 Å². The van der Waals surface area contributed by atoms with Gasteiger partial charge in [-0.15, -0.1) is 0 Å². The van der Waals surface area contributed by atoms with Crippen molar-refractivity contribution in [3.63, 3.8) is 0 Å². The minimum Gasteiger partial charge on any atom is -0.486 e. The largest absolute Gasteiger partial charge is 0.486 e. The van der Waals surface area contributed by atoms with E-state index in [9.17, 15) is 8.42 Å². The lowest BCUT2D eigenvalue weighted by Crippen LogP contribution is -2.42. The number of ether oxygens (including phenoxy) is 3. The van der Waals surface area contributed by atoms with Crippen molar-refractivity contribution in [2.75, 3.05) is 32.9 Å². The van der Waals surface area contributed by atoms with Gasteiger partial charge in [0, 0.05) is 24.7 Å². The number of aromatic nitrogens is 2. The zero-order valence-electron chi connectivity index (χ0n) is 16.9. The summed E-state index contributed by atoms with van der Waals surface area (Å²) in [4.78, 5) is 4.59. The lowest BCUT2D eigenvalue weighted by molar-refractivity contribution is -0.0199. The first kappa shape index (κ1) is 20.0. The minimum absolute atomic E-state index is 0.0756. The second kappa shape index (κ2) is 7.95. The lowest BCUT2D eigenvalue weighted by Gasteiger charge is -2.30. The van der Waals surface area contributed by atoms with Crippen LogP contribution in [-0.2, 0) is 14.8 Å². The maximum atomic E-state index is 13.2. The van der Waals surface area contributed by atoms with E-state index in [2.05, 4.69) is 10.1 Å². The molecule has 0 aliphatic carbocycles. The Balaban J connectivity index is 1.38. The van der Waals surface area contributed by atoms with Crippen LogP contribution in [0, 0.1) is 6.92 Å². The van der Waals surface area contributed by atoms with E-state index in [1.807, 2.05) is 31.2 Å². The van der Waals surface area contributed by atoms with Crippen molar-refractivity contribution in [3.8, 4) is 22.9 Å². The summed E-state index contributed by atoms with van der Waals surface area (Å²) < 4.78 is 50.0. The number of aryl methyl sites for hydroxylation is 1. The molecule has 2 aliphatic heterocycles. The number of hydrogen-bond donors (Lipinski definition) is 0. The number of fused-ring (bicyclic) bond motifs is 1. The van der Waals surface area contributed by atoms with Gasteiger partial charge in [0.15, 0.2) is 17.6 Å². The van der Waals surface area contributed by atoms with Crippen LogP contribution in [0.1, 0.15) is 17.6 Å². The SMILES string of the molecule is Cc1ccccc1-c1noc([C@H]2CN(S(=O)(=O)c3ccc4c(c3)OCCO4)CCO2)n1. The fourth-order valence-corrected chi connectivity index (χ4v) is 5.07. The zero-order chi connectivity index (χ0) is 21.4. The molecule has 0 N–H and O–H groups in total. The molecule has 0 amide bonds. The first-order valence-electron chi connectivity index (χ1n) is 9.93. The molecule has 10 heteroatoms. The third-order valence-electron chi connectivity index (χ3n) is 5.28. The van der Waals surface area contributed by atoms with Crippen LogP contribution in [0.25, 0.3) is 11.4 Å². The van der Waals surface area contributed by atoms with Gasteiger partial charge in [-0.2, -0.15) is 9.29 Å². The van der Waals surface area contributed by atoms with Gasteiger partial charge in [-0.3, -0.25) is 0 Å². The van der Waals surface area contributed by atoms with Crippen molar-refractivity contribution in [2.24, 2.45) is 0 Å². The van der Waals surface area contributed by atoms with Gasteiger partial charge in [0.25, 0.3) is 5.89 Å². The highest BCUT2D eigenvalue weighted by molar-refractivity contribution is 7.89. The molecule has 1 saturated heterocycles. The molecule has 2 aliphatic rings. The number of nitrogens with zero attached hydrogens (tertiary/aromatic N) is 3. The summed E-state index contributed by atoms with van der Waals surface area (Å²) in [6.45, 7) is 3.31. The van der Waals surface area contributed by atoms with Crippen molar-refractivity contribution >= 4 is 10.0 Å². The maximum absolute atomic E-state index is 13.2. The molecule has 0 bridgehead atoms. The smallest absolute Gasteiger partial charge is 0.257 e. The van der Waals surface area contributed by atoms with Gasteiger partial charge in [0.05, 0.1) is 11.5 Å². The average Bonchev–Trinajstić information content (AvgIpc) is 3.29. The molecule has 0 unspecified atom stereocenters. The number of hydrogen-bond acceptors (Lipinski definition) is 8. The summed E-state index contributed by atoms with van der Waals surface area (Å²) in [6.07, 6.45) is -0.647. The Morgan fingerprint density at radius 3 is 2.68 bits per heavy atom. The van der Waals surface area contributed by atoms with E-state index in [1.165, 1.54) is 16.4 Å². The summed E-state index contributed by atoms with van der Waals surface area (Å²) in [5.41, 5.74) is 1.87. The van der Waals surface area contributed by atoms with Gasteiger partial charge in [-0.05, 0) is 24.6 Å². The maximum Gasteiger partial charge on any atom is 0.257 e. The topological polar surface area (TPSA) is 104 Å². The first-order valence-corrected chi connectivity index (χ1v) is 11.4. The van der Waals surface area contributed by atoms with Crippen LogP contribution in [0.5, 0.6) is 11.5 Å². The fourth-order valence-electron chi connectivity index (χ4n) is 3.63. The highest BCUT2D eigenvalue weighted by Gasteiger charge is 2.35. The molecule has 162 valence electrons. The molecular weight excluding hydrogens is 422 g/mol. The summed E-state index contributed by atoms with van der Waals surface area (Å²) in [7, 11) is -3.76. The van der Waals surface area contributed by atoms with Crippen molar-refractivity contribution < 1.29 is 27.2 Å². The number of morpholine rings is 1. The van der Waals surface area contributed by atoms with Crippen LogP contribution in [0.2, 0.25) is 0 Å². The van der Waals surface area contributed by atoms with Crippen LogP contribution in [0.4, 0.5) is 0 Å².